The molecule has 3 rings (SSSR count). The lowest BCUT2D eigenvalue weighted by Gasteiger charge is -2.33. The van der Waals surface area contributed by atoms with Gasteiger partial charge in [0.05, 0.1) is 6.20 Å². The van der Waals surface area contributed by atoms with Gasteiger partial charge in [-0.1, -0.05) is 6.07 Å². The zero-order chi connectivity index (χ0) is 21.9. The Balaban J connectivity index is 1.91. The molecule has 0 fully saturated rings. The van der Waals surface area contributed by atoms with Crippen LogP contribution in [0.3, 0.4) is 0 Å². The number of amidine groups is 1. The molecule has 0 radical (unpaired) electrons. The summed E-state index contributed by atoms with van der Waals surface area (Å²) < 4.78 is 65.6. The Kier molecular flexibility index (Phi) is 6.06. The molecule has 160 valence electrons. The number of rotatable bonds is 6. The van der Waals surface area contributed by atoms with Crippen molar-refractivity contribution in [2.45, 2.75) is 24.8 Å². The molecule has 30 heavy (non-hydrogen) atoms. The number of aromatic nitrogens is 1. The van der Waals surface area contributed by atoms with Gasteiger partial charge in [0.2, 0.25) is 6.86 Å². The van der Waals surface area contributed by atoms with E-state index < -0.39 is 42.1 Å². The zero-order valence-electron chi connectivity index (χ0n) is 16.0. The monoisotopic (exact) mass is 425 g/mol. The Hall–Kier alpha value is -3.01. The first-order chi connectivity index (χ1) is 14.2. The highest BCUT2D eigenvalue weighted by Crippen LogP contribution is 2.43. The van der Waals surface area contributed by atoms with Crippen LogP contribution < -0.4 is 10.5 Å². The van der Waals surface area contributed by atoms with Gasteiger partial charge in [-0.25, -0.2) is 22.5 Å². The molecule has 2 heterocycles. The van der Waals surface area contributed by atoms with Gasteiger partial charge in [0, 0.05) is 12.0 Å². The summed E-state index contributed by atoms with van der Waals surface area (Å²) in [5.74, 6) is -4.92. The van der Waals surface area contributed by atoms with E-state index in [0.717, 1.165) is 13.0 Å². The Bertz CT molecular complexity index is 966. The molecule has 1 aromatic carbocycles. The minimum absolute atomic E-state index is 0.0637. The fraction of sp³-hybridized carbons (Fsp3) is 0.350. The molecule has 0 saturated heterocycles. The second-order valence-corrected chi connectivity index (χ2v) is 6.92. The Morgan fingerprint density at radius 1 is 1.30 bits per heavy atom. The van der Waals surface area contributed by atoms with Gasteiger partial charge in [-0.05, 0) is 36.8 Å². The number of carbonyl (C=O) groups is 1. The van der Waals surface area contributed by atoms with Crippen molar-refractivity contribution in [3.05, 3.63) is 59.2 Å². The number of ether oxygens (including phenoxy) is 2. The van der Waals surface area contributed by atoms with Gasteiger partial charge in [0.15, 0.2) is 11.3 Å². The number of halogens is 4. The fourth-order valence-electron chi connectivity index (χ4n) is 3.11. The number of hydrogen-bond acceptors (Lipinski definition) is 6. The van der Waals surface area contributed by atoms with Crippen molar-refractivity contribution >= 4 is 11.6 Å². The summed E-state index contributed by atoms with van der Waals surface area (Å²) in [7, 11) is 0. The van der Waals surface area contributed by atoms with Crippen LogP contribution in [0.1, 0.15) is 28.5 Å². The number of Topliss-reactive ketones (excluding diaryl/α,β-unsaturated/α-hetero) is 1. The van der Waals surface area contributed by atoms with Crippen molar-refractivity contribution in [2.24, 2.45) is 10.7 Å². The lowest BCUT2D eigenvalue weighted by atomic mass is 9.84. The van der Waals surface area contributed by atoms with Crippen LogP contribution >= 0.6 is 0 Å². The van der Waals surface area contributed by atoms with Crippen LogP contribution in [0.2, 0.25) is 0 Å². The van der Waals surface area contributed by atoms with Gasteiger partial charge < -0.3 is 15.2 Å². The minimum atomic E-state index is -3.54. The van der Waals surface area contributed by atoms with Crippen molar-refractivity contribution in [1.29, 1.82) is 0 Å². The number of pyridine rings is 1. The van der Waals surface area contributed by atoms with Crippen LogP contribution in [-0.2, 0) is 16.7 Å². The van der Waals surface area contributed by atoms with E-state index in [1.165, 1.54) is 30.5 Å². The Labute approximate surface area is 169 Å². The number of hydrogen-bond donors (Lipinski definition) is 1. The van der Waals surface area contributed by atoms with Crippen molar-refractivity contribution in [3.8, 4) is 5.75 Å². The van der Waals surface area contributed by atoms with E-state index in [0.29, 0.717) is 5.56 Å². The van der Waals surface area contributed by atoms with E-state index in [2.05, 4.69) is 14.7 Å². The molecular weight excluding hydrogens is 406 g/mol. The first kappa shape index (κ1) is 21.7. The molecule has 6 nitrogen and oxygen atoms in total. The third-order valence-corrected chi connectivity index (χ3v) is 4.78. The predicted octanol–water partition coefficient (Wildman–Crippen LogP) is 3.19. The van der Waals surface area contributed by atoms with Gasteiger partial charge in [0.1, 0.15) is 36.3 Å². The lowest BCUT2D eigenvalue weighted by Crippen LogP contribution is -2.45. The molecule has 0 unspecified atom stereocenters. The predicted molar refractivity (Wildman–Crippen MR) is 100 cm³/mol. The third kappa shape index (κ3) is 4.28. The van der Waals surface area contributed by atoms with Gasteiger partial charge in [-0.15, -0.1) is 0 Å². The van der Waals surface area contributed by atoms with E-state index in [9.17, 15) is 22.4 Å². The highest BCUT2D eigenvalue weighted by molar-refractivity contribution is 5.95. The molecule has 2 aromatic rings. The zero-order valence-corrected chi connectivity index (χ0v) is 16.0. The molecule has 0 amide bonds. The van der Waals surface area contributed by atoms with E-state index in [4.69, 9.17) is 10.5 Å². The van der Waals surface area contributed by atoms with Gasteiger partial charge in [-0.2, -0.15) is 0 Å². The van der Waals surface area contributed by atoms with Crippen LogP contribution in [-0.4, -0.2) is 42.6 Å². The number of benzene rings is 1. The van der Waals surface area contributed by atoms with Crippen molar-refractivity contribution < 1.29 is 31.8 Å². The number of nitrogens with two attached hydrogens (primary N) is 1. The summed E-state index contributed by atoms with van der Waals surface area (Å²) >= 11 is 0. The van der Waals surface area contributed by atoms with Gasteiger partial charge in [0.25, 0.3) is 5.92 Å². The molecule has 0 spiro atoms. The second-order valence-electron chi connectivity index (χ2n) is 6.92. The highest BCUT2D eigenvalue weighted by Gasteiger charge is 2.54. The van der Waals surface area contributed by atoms with Crippen molar-refractivity contribution in [1.82, 2.24) is 4.98 Å². The van der Waals surface area contributed by atoms with Gasteiger partial charge >= 0.3 is 0 Å². The smallest absolute Gasteiger partial charge is 0.299 e. The SMILES string of the molecule is C[C@]1(c2cc(CC(=O)c3ccc(OCF)cn3)ccc2F)N=C(N)COCC1(F)F. The maximum atomic E-state index is 14.7. The Morgan fingerprint density at radius 2 is 2.07 bits per heavy atom. The van der Waals surface area contributed by atoms with Crippen LogP contribution in [0.15, 0.2) is 41.5 Å². The summed E-state index contributed by atoms with van der Waals surface area (Å²) in [5.41, 5.74) is 3.27. The number of aliphatic imine (C=N–C) groups is 1. The fourth-order valence-corrected chi connectivity index (χ4v) is 3.11. The Morgan fingerprint density at radius 3 is 2.73 bits per heavy atom. The summed E-state index contributed by atoms with van der Waals surface area (Å²) in [5, 5.41) is 0. The standard InChI is InChI=1S/C20H19F4N3O3/c1-19(20(23,24)10-29-9-18(25)27-19)14-6-12(2-4-15(14)22)7-17(28)16-5-3-13(8-26-16)30-11-21/h2-6,8H,7,9-11H2,1H3,(H2,25,27)/t19-/m1/s1. The van der Waals surface area contributed by atoms with Crippen molar-refractivity contribution in [2.75, 3.05) is 20.1 Å². The summed E-state index contributed by atoms with van der Waals surface area (Å²) in [6.07, 6.45) is 0.967. The van der Waals surface area contributed by atoms with Crippen LogP contribution in [0.5, 0.6) is 5.75 Å². The molecule has 1 atom stereocenters. The molecule has 10 heteroatoms. The van der Waals surface area contributed by atoms with Crippen molar-refractivity contribution in [3.63, 3.8) is 0 Å². The second kappa shape index (κ2) is 8.39. The van der Waals surface area contributed by atoms with E-state index in [1.54, 1.807) is 0 Å². The molecule has 0 saturated carbocycles. The molecule has 1 aliphatic rings. The number of nitrogens with zero attached hydrogens (tertiary/aromatic N) is 2. The normalized spacial score (nSPS) is 20.9. The number of ketones is 1. The molecule has 0 aliphatic carbocycles. The first-order valence-electron chi connectivity index (χ1n) is 8.93. The summed E-state index contributed by atoms with van der Waals surface area (Å²) in [6.45, 7) is -1.23. The van der Waals surface area contributed by atoms with E-state index >= 15 is 0 Å². The van der Waals surface area contributed by atoms with Crippen LogP contribution in [0.4, 0.5) is 17.6 Å². The summed E-state index contributed by atoms with van der Waals surface area (Å²) in [6, 6.07) is 6.21. The first-order valence-corrected chi connectivity index (χ1v) is 8.93. The minimum Gasteiger partial charge on any atom is -0.461 e. The maximum Gasteiger partial charge on any atom is 0.299 e. The molecule has 1 aliphatic heterocycles. The maximum absolute atomic E-state index is 14.7. The molecule has 2 N–H and O–H groups in total. The van der Waals surface area contributed by atoms with Gasteiger partial charge in [-0.3, -0.25) is 9.79 Å². The molecular formula is C20H19F4N3O3. The van der Waals surface area contributed by atoms with E-state index in [-0.39, 0.29) is 30.3 Å². The lowest BCUT2D eigenvalue weighted by molar-refractivity contribution is -0.116. The van der Waals surface area contributed by atoms with E-state index in [1.807, 2.05) is 0 Å². The number of alkyl halides is 3. The topological polar surface area (TPSA) is 86.8 Å². The number of carbonyl (C=O) groups excluding carboxylic acids is 1. The molecule has 1 aromatic heterocycles. The largest absolute Gasteiger partial charge is 0.461 e. The summed E-state index contributed by atoms with van der Waals surface area (Å²) in [4.78, 5) is 20.2. The quantitative estimate of drug-likeness (QED) is 0.568. The highest BCUT2D eigenvalue weighted by atomic mass is 19.3. The van der Waals surface area contributed by atoms with Crippen LogP contribution in [0.25, 0.3) is 0 Å². The average Bonchev–Trinajstić information content (AvgIpc) is 2.79. The average molecular weight is 425 g/mol. The van der Waals surface area contributed by atoms with Crippen LogP contribution in [0, 0.1) is 5.82 Å². The molecule has 0 bridgehead atoms. The third-order valence-electron chi connectivity index (χ3n) is 4.78.